The maximum atomic E-state index is 12.7. The Morgan fingerprint density at radius 3 is 2.81 bits per heavy atom. The lowest BCUT2D eigenvalue weighted by Gasteiger charge is -2.25. The van der Waals surface area contributed by atoms with Gasteiger partial charge in [-0.1, -0.05) is 25.8 Å². The highest BCUT2D eigenvalue weighted by molar-refractivity contribution is 7.89. The van der Waals surface area contributed by atoms with Crippen molar-refractivity contribution in [3.8, 4) is 0 Å². The van der Waals surface area contributed by atoms with Crippen LogP contribution in [0.4, 0.5) is 0 Å². The van der Waals surface area contributed by atoms with Crippen LogP contribution in [0.25, 0.3) is 0 Å². The molecule has 1 aromatic rings. The molecule has 0 aliphatic carbocycles. The minimum atomic E-state index is -3.47. The van der Waals surface area contributed by atoms with E-state index in [4.69, 9.17) is 0 Å². The summed E-state index contributed by atoms with van der Waals surface area (Å²) in [5.74, 6) is 0. The normalized spacial score (nSPS) is 21.1. The molecule has 1 unspecified atom stereocenters. The van der Waals surface area contributed by atoms with Gasteiger partial charge >= 0.3 is 0 Å². The Morgan fingerprint density at radius 2 is 2.14 bits per heavy atom. The Bertz CT molecular complexity index is 543. The molecule has 1 aliphatic heterocycles. The third kappa shape index (κ3) is 4.02. The van der Waals surface area contributed by atoms with Crippen LogP contribution in [-0.2, 0) is 16.6 Å². The minimum absolute atomic E-state index is 0.0562. The molecule has 1 fully saturated rings. The van der Waals surface area contributed by atoms with E-state index >= 15 is 0 Å². The highest BCUT2D eigenvalue weighted by Gasteiger charge is 2.30. The summed E-state index contributed by atoms with van der Waals surface area (Å²) in [5.41, 5.74) is 1.000. The fraction of sp³-hybridized carbons (Fsp3) is 0.667. The molecular weight excluding hydrogens is 286 g/mol. The first-order valence-corrected chi connectivity index (χ1v) is 9.17. The largest absolute Gasteiger partial charge is 0.313 e. The second kappa shape index (κ2) is 7.33. The van der Waals surface area contributed by atoms with Crippen molar-refractivity contribution >= 4 is 10.0 Å². The molecule has 1 saturated heterocycles. The van der Waals surface area contributed by atoms with Gasteiger partial charge in [-0.25, -0.2) is 13.4 Å². The van der Waals surface area contributed by atoms with Crippen LogP contribution in [0.3, 0.4) is 0 Å². The zero-order valence-electron chi connectivity index (χ0n) is 12.9. The third-order valence-electron chi connectivity index (χ3n) is 3.94. The number of hydrogen-bond acceptors (Lipinski definition) is 4. The fourth-order valence-electron chi connectivity index (χ4n) is 2.66. The molecule has 0 amide bonds. The van der Waals surface area contributed by atoms with Crippen LogP contribution in [0.5, 0.6) is 0 Å². The number of pyridine rings is 1. The van der Waals surface area contributed by atoms with Crippen molar-refractivity contribution in [3.05, 3.63) is 23.9 Å². The monoisotopic (exact) mass is 311 g/mol. The number of hydrogen-bond donors (Lipinski definition) is 1. The first-order chi connectivity index (χ1) is 10.1. The van der Waals surface area contributed by atoms with Gasteiger partial charge in [-0.05, 0) is 37.9 Å². The van der Waals surface area contributed by atoms with Crippen LogP contribution in [0, 0.1) is 0 Å². The van der Waals surface area contributed by atoms with E-state index in [1.54, 1.807) is 16.6 Å². The zero-order chi connectivity index (χ0) is 15.3. The van der Waals surface area contributed by atoms with Gasteiger partial charge < -0.3 is 5.32 Å². The van der Waals surface area contributed by atoms with Gasteiger partial charge in [-0.3, -0.25) is 0 Å². The molecule has 118 valence electrons. The van der Waals surface area contributed by atoms with Crippen LogP contribution < -0.4 is 5.32 Å². The highest BCUT2D eigenvalue weighted by atomic mass is 32.2. The maximum Gasteiger partial charge on any atom is 0.260 e. The Balaban J connectivity index is 2.18. The van der Waals surface area contributed by atoms with E-state index in [0.717, 1.165) is 37.8 Å². The van der Waals surface area contributed by atoms with E-state index in [9.17, 15) is 8.42 Å². The highest BCUT2D eigenvalue weighted by Crippen LogP contribution is 2.23. The predicted octanol–water partition coefficient (Wildman–Crippen LogP) is 2.14. The van der Waals surface area contributed by atoms with Crippen LogP contribution in [0.15, 0.2) is 23.4 Å². The van der Waals surface area contributed by atoms with Gasteiger partial charge in [0, 0.05) is 25.3 Å². The molecule has 2 heterocycles. The second-order valence-electron chi connectivity index (χ2n) is 5.60. The number of nitrogens with zero attached hydrogens (tertiary/aromatic N) is 2. The summed E-state index contributed by atoms with van der Waals surface area (Å²) < 4.78 is 27.1. The summed E-state index contributed by atoms with van der Waals surface area (Å²) in [6, 6.07) is 3.52. The van der Waals surface area contributed by atoms with Crippen LogP contribution in [0.2, 0.25) is 0 Å². The molecule has 0 radical (unpaired) electrons. The van der Waals surface area contributed by atoms with E-state index in [1.807, 2.05) is 19.9 Å². The maximum absolute atomic E-state index is 12.7. The van der Waals surface area contributed by atoms with Gasteiger partial charge in [-0.2, -0.15) is 4.31 Å². The minimum Gasteiger partial charge on any atom is -0.313 e. The quantitative estimate of drug-likeness (QED) is 0.905. The van der Waals surface area contributed by atoms with Gasteiger partial charge in [0.1, 0.15) is 0 Å². The van der Waals surface area contributed by atoms with Crippen molar-refractivity contribution < 1.29 is 8.42 Å². The van der Waals surface area contributed by atoms with Gasteiger partial charge in [0.25, 0.3) is 10.0 Å². The molecule has 1 N–H and O–H groups in total. The molecule has 2 rings (SSSR count). The molecule has 0 aromatic carbocycles. The van der Waals surface area contributed by atoms with Gasteiger partial charge in [0.2, 0.25) is 0 Å². The SMILES string of the molecule is CCNCc1ccc(S(=O)(=O)N2CCCCCC2C)nc1. The Labute approximate surface area is 127 Å². The van der Waals surface area contributed by atoms with Crippen molar-refractivity contribution in [1.82, 2.24) is 14.6 Å². The van der Waals surface area contributed by atoms with Gasteiger partial charge in [-0.15, -0.1) is 0 Å². The summed E-state index contributed by atoms with van der Waals surface area (Å²) in [7, 11) is -3.47. The molecule has 0 saturated carbocycles. The molecule has 21 heavy (non-hydrogen) atoms. The van der Waals surface area contributed by atoms with E-state index in [0.29, 0.717) is 13.1 Å². The van der Waals surface area contributed by atoms with Crippen molar-refractivity contribution in [3.63, 3.8) is 0 Å². The summed E-state index contributed by atoms with van der Waals surface area (Å²) >= 11 is 0. The lowest BCUT2D eigenvalue weighted by Crippen LogP contribution is -2.38. The number of nitrogens with one attached hydrogen (secondary N) is 1. The number of aromatic nitrogens is 1. The molecule has 1 atom stereocenters. The Hall–Kier alpha value is -0.980. The zero-order valence-corrected chi connectivity index (χ0v) is 13.7. The van der Waals surface area contributed by atoms with Crippen molar-refractivity contribution in [2.45, 2.75) is 57.1 Å². The Kier molecular flexibility index (Phi) is 5.72. The summed E-state index contributed by atoms with van der Waals surface area (Å²) in [6.07, 6.45) is 5.71. The predicted molar refractivity (Wildman–Crippen MR) is 83.4 cm³/mol. The van der Waals surface area contributed by atoms with E-state index in [2.05, 4.69) is 10.3 Å². The third-order valence-corrected chi connectivity index (χ3v) is 5.87. The molecular formula is C15H25N3O2S. The topological polar surface area (TPSA) is 62.3 Å². The van der Waals surface area contributed by atoms with E-state index in [1.165, 1.54) is 0 Å². The first kappa shape index (κ1) is 16.4. The number of rotatable bonds is 5. The van der Waals surface area contributed by atoms with Crippen molar-refractivity contribution in [1.29, 1.82) is 0 Å². The summed E-state index contributed by atoms with van der Waals surface area (Å²) in [4.78, 5) is 4.17. The van der Waals surface area contributed by atoms with E-state index < -0.39 is 10.0 Å². The number of sulfonamides is 1. The molecule has 5 nitrogen and oxygen atoms in total. The molecule has 1 aromatic heterocycles. The van der Waals surface area contributed by atoms with Crippen LogP contribution >= 0.6 is 0 Å². The first-order valence-electron chi connectivity index (χ1n) is 7.73. The Morgan fingerprint density at radius 1 is 1.33 bits per heavy atom. The molecule has 0 spiro atoms. The van der Waals surface area contributed by atoms with Crippen LogP contribution in [0.1, 0.15) is 45.1 Å². The average molecular weight is 311 g/mol. The van der Waals surface area contributed by atoms with Crippen LogP contribution in [-0.4, -0.2) is 36.8 Å². The standard InChI is InChI=1S/C15H25N3O2S/c1-3-16-11-14-8-9-15(17-12-14)21(19,20)18-10-6-4-5-7-13(18)2/h8-9,12-13,16H,3-7,10-11H2,1-2H3. The molecule has 6 heteroatoms. The van der Waals surface area contributed by atoms with Crippen molar-refractivity contribution in [2.75, 3.05) is 13.1 Å². The molecule has 1 aliphatic rings. The summed E-state index contributed by atoms with van der Waals surface area (Å²) in [5, 5.41) is 3.36. The average Bonchev–Trinajstić information content (AvgIpc) is 2.70. The second-order valence-corrected chi connectivity index (χ2v) is 7.44. The van der Waals surface area contributed by atoms with Crippen molar-refractivity contribution in [2.24, 2.45) is 0 Å². The summed E-state index contributed by atoms with van der Waals surface area (Å²) in [6.45, 7) is 6.22. The van der Waals surface area contributed by atoms with E-state index in [-0.39, 0.29) is 11.1 Å². The lowest BCUT2D eigenvalue weighted by atomic mass is 10.1. The smallest absolute Gasteiger partial charge is 0.260 e. The van der Waals surface area contributed by atoms with Gasteiger partial charge in [0.05, 0.1) is 0 Å². The van der Waals surface area contributed by atoms with Gasteiger partial charge in [0.15, 0.2) is 5.03 Å². The molecule has 0 bridgehead atoms. The lowest BCUT2D eigenvalue weighted by molar-refractivity contribution is 0.341. The fourth-order valence-corrected chi connectivity index (χ4v) is 4.28.